The first-order valence-electron chi connectivity index (χ1n) is 8.55. The van der Waals surface area contributed by atoms with Crippen LogP contribution in [0.5, 0.6) is 11.5 Å². The number of halogens is 1. The first-order valence-corrected chi connectivity index (χ1v) is 8.55. The minimum absolute atomic E-state index is 0.0557. The summed E-state index contributed by atoms with van der Waals surface area (Å²) in [5.41, 5.74) is 7.79. The third-order valence-electron chi connectivity index (χ3n) is 4.77. The number of rotatable bonds is 4. The van der Waals surface area contributed by atoms with Gasteiger partial charge in [0.2, 0.25) is 11.9 Å². The summed E-state index contributed by atoms with van der Waals surface area (Å²) in [7, 11) is 3.20. The number of hydrogen-bond donors (Lipinski definition) is 2. The van der Waals surface area contributed by atoms with E-state index >= 15 is 0 Å². The first-order chi connectivity index (χ1) is 13.1. The Hall–Kier alpha value is -3.29. The van der Waals surface area contributed by atoms with E-state index in [2.05, 4.69) is 15.4 Å². The van der Waals surface area contributed by atoms with E-state index in [0.717, 1.165) is 11.1 Å². The van der Waals surface area contributed by atoms with Crippen molar-refractivity contribution in [1.29, 1.82) is 0 Å². The molecule has 0 amide bonds. The molecule has 0 spiro atoms. The van der Waals surface area contributed by atoms with Gasteiger partial charge in [-0.3, -0.25) is 0 Å². The van der Waals surface area contributed by atoms with E-state index in [1.54, 1.807) is 31.0 Å². The lowest BCUT2D eigenvalue weighted by Gasteiger charge is -2.32. The zero-order valence-electron chi connectivity index (χ0n) is 15.0. The highest BCUT2D eigenvalue weighted by atomic mass is 19.1. The molecular formula is C19H20FN5O2. The highest BCUT2D eigenvalue weighted by Crippen LogP contribution is 2.40. The number of nitrogens with one attached hydrogen (secondary N) is 1. The molecule has 4 rings (SSSR count). The molecule has 0 fully saturated rings. The van der Waals surface area contributed by atoms with Crippen molar-refractivity contribution in [3.8, 4) is 11.5 Å². The smallest absolute Gasteiger partial charge is 0.241 e. The molecule has 0 saturated carbocycles. The number of aromatic nitrogens is 3. The molecule has 0 saturated heterocycles. The van der Waals surface area contributed by atoms with Crippen LogP contribution in [0.2, 0.25) is 0 Å². The molecule has 8 heteroatoms. The maximum atomic E-state index is 13.3. The monoisotopic (exact) mass is 369 g/mol. The van der Waals surface area contributed by atoms with Gasteiger partial charge < -0.3 is 20.5 Å². The molecule has 1 aliphatic heterocycles. The summed E-state index contributed by atoms with van der Waals surface area (Å²) in [4.78, 5) is 4.29. The molecule has 0 aliphatic carbocycles. The van der Waals surface area contributed by atoms with Gasteiger partial charge in [0, 0.05) is 0 Å². The number of benzene rings is 2. The quantitative estimate of drug-likeness (QED) is 0.735. The molecule has 2 heterocycles. The number of ether oxygens (including phenoxy) is 2. The molecule has 2 aromatic carbocycles. The van der Waals surface area contributed by atoms with Crippen LogP contribution >= 0.6 is 0 Å². The normalized spacial score (nSPS) is 18.5. The number of fused-ring (bicyclic) bond motifs is 1. The summed E-state index contributed by atoms with van der Waals surface area (Å²) in [5, 5.41) is 7.67. The standard InChI is InChI=1S/C19H20FN5O2/c1-26-16-8-5-12(9-17(16)27-2)15-10-14(11-3-6-13(20)7-4-11)22-19-23-18(21)24-25(15)19/h3-9,14-15H,10H2,1-2H3,(H3,21,22,23,24)/t14-,15+/m0/s1. The van der Waals surface area contributed by atoms with Crippen LogP contribution in [0.25, 0.3) is 0 Å². The Morgan fingerprint density at radius 1 is 1.07 bits per heavy atom. The third-order valence-corrected chi connectivity index (χ3v) is 4.77. The Morgan fingerprint density at radius 3 is 2.48 bits per heavy atom. The van der Waals surface area contributed by atoms with Crippen LogP contribution in [-0.2, 0) is 0 Å². The first kappa shape index (κ1) is 17.1. The van der Waals surface area contributed by atoms with Gasteiger partial charge >= 0.3 is 0 Å². The van der Waals surface area contributed by atoms with E-state index in [1.807, 2.05) is 18.2 Å². The highest BCUT2D eigenvalue weighted by Gasteiger charge is 2.31. The summed E-state index contributed by atoms with van der Waals surface area (Å²) < 4.78 is 25.8. The molecule has 2 atom stereocenters. The van der Waals surface area contributed by atoms with Crippen molar-refractivity contribution in [3.05, 3.63) is 59.4 Å². The molecule has 0 bridgehead atoms. The van der Waals surface area contributed by atoms with Gasteiger partial charge in [-0.05, 0) is 41.8 Å². The van der Waals surface area contributed by atoms with Crippen molar-refractivity contribution in [2.45, 2.75) is 18.5 Å². The fourth-order valence-electron chi connectivity index (χ4n) is 3.45. The van der Waals surface area contributed by atoms with Crippen LogP contribution < -0.4 is 20.5 Å². The minimum Gasteiger partial charge on any atom is -0.493 e. The summed E-state index contributed by atoms with van der Waals surface area (Å²) >= 11 is 0. The van der Waals surface area contributed by atoms with Gasteiger partial charge in [0.05, 0.1) is 26.3 Å². The second kappa shape index (κ2) is 6.79. The van der Waals surface area contributed by atoms with Crippen LogP contribution in [0.15, 0.2) is 42.5 Å². The van der Waals surface area contributed by atoms with Crippen molar-refractivity contribution < 1.29 is 13.9 Å². The molecule has 27 heavy (non-hydrogen) atoms. The van der Waals surface area contributed by atoms with Crippen molar-refractivity contribution in [1.82, 2.24) is 14.8 Å². The van der Waals surface area contributed by atoms with E-state index < -0.39 is 0 Å². The van der Waals surface area contributed by atoms with Crippen LogP contribution in [0.3, 0.4) is 0 Å². The van der Waals surface area contributed by atoms with Crippen LogP contribution in [-0.4, -0.2) is 29.0 Å². The van der Waals surface area contributed by atoms with Crippen LogP contribution in [0.4, 0.5) is 16.3 Å². The average molecular weight is 369 g/mol. The van der Waals surface area contributed by atoms with Gasteiger partial charge in [0.1, 0.15) is 5.82 Å². The van der Waals surface area contributed by atoms with E-state index in [9.17, 15) is 4.39 Å². The molecule has 3 aromatic rings. The Labute approximate surface area is 155 Å². The predicted octanol–water partition coefficient (Wildman–Crippen LogP) is 3.16. The Morgan fingerprint density at radius 2 is 1.78 bits per heavy atom. The average Bonchev–Trinajstić information content (AvgIpc) is 3.07. The van der Waals surface area contributed by atoms with E-state index in [0.29, 0.717) is 23.9 Å². The van der Waals surface area contributed by atoms with Gasteiger partial charge in [-0.25, -0.2) is 9.07 Å². The third kappa shape index (κ3) is 3.14. The molecule has 0 unspecified atom stereocenters. The molecule has 0 radical (unpaired) electrons. The zero-order valence-corrected chi connectivity index (χ0v) is 15.0. The fraction of sp³-hybridized carbons (Fsp3) is 0.263. The lowest BCUT2D eigenvalue weighted by molar-refractivity contribution is 0.352. The SMILES string of the molecule is COc1ccc([C@H]2C[C@@H](c3ccc(F)cc3)Nc3nc(N)nn32)cc1OC. The lowest BCUT2D eigenvalue weighted by Crippen LogP contribution is -2.28. The Bertz CT molecular complexity index is 957. The van der Waals surface area contributed by atoms with E-state index in [1.165, 1.54) is 12.1 Å². The van der Waals surface area contributed by atoms with Crippen molar-refractivity contribution in [2.24, 2.45) is 0 Å². The Kier molecular flexibility index (Phi) is 4.31. The second-order valence-electron chi connectivity index (χ2n) is 6.35. The van der Waals surface area contributed by atoms with Gasteiger partial charge in [-0.2, -0.15) is 4.98 Å². The van der Waals surface area contributed by atoms with Crippen molar-refractivity contribution in [3.63, 3.8) is 0 Å². The lowest BCUT2D eigenvalue weighted by atomic mass is 9.93. The summed E-state index contributed by atoms with van der Waals surface area (Å²) in [6, 6.07) is 12.1. The second-order valence-corrected chi connectivity index (χ2v) is 6.35. The molecular weight excluding hydrogens is 349 g/mol. The summed E-state index contributed by atoms with van der Waals surface area (Å²) in [6.45, 7) is 0. The van der Waals surface area contributed by atoms with Gasteiger partial charge in [0.15, 0.2) is 11.5 Å². The number of methoxy groups -OCH3 is 2. The van der Waals surface area contributed by atoms with E-state index in [4.69, 9.17) is 15.2 Å². The number of nitrogens with zero attached hydrogens (tertiary/aromatic N) is 3. The predicted molar refractivity (Wildman–Crippen MR) is 99.5 cm³/mol. The Balaban J connectivity index is 1.75. The number of nitrogens with two attached hydrogens (primary N) is 1. The van der Waals surface area contributed by atoms with Crippen molar-refractivity contribution in [2.75, 3.05) is 25.3 Å². The molecule has 140 valence electrons. The maximum Gasteiger partial charge on any atom is 0.241 e. The maximum absolute atomic E-state index is 13.3. The van der Waals surface area contributed by atoms with Crippen molar-refractivity contribution >= 4 is 11.9 Å². The van der Waals surface area contributed by atoms with E-state index in [-0.39, 0.29) is 23.8 Å². The summed E-state index contributed by atoms with van der Waals surface area (Å²) in [5.74, 6) is 1.80. The minimum atomic E-state index is -0.265. The molecule has 1 aliphatic rings. The largest absolute Gasteiger partial charge is 0.493 e. The van der Waals surface area contributed by atoms with Gasteiger partial charge in [-0.15, -0.1) is 5.10 Å². The topological polar surface area (TPSA) is 87.2 Å². The van der Waals surface area contributed by atoms with Gasteiger partial charge in [0.25, 0.3) is 0 Å². The fourth-order valence-corrected chi connectivity index (χ4v) is 3.45. The summed E-state index contributed by atoms with van der Waals surface area (Å²) in [6.07, 6.45) is 0.691. The number of nitrogen functional groups attached to an aromatic ring is 1. The molecule has 1 aromatic heterocycles. The van der Waals surface area contributed by atoms with Crippen LogP contribution in [0, 0.1) is 5.82 Å². The molecule has 3 N–H and O–H groups in total. The zero-order chi connectivity index (χ0) is 19.0. The highest BCUT2D eigenvalue weighted by molar-refractivity contribution is 5.47. The number of hydrogen-bond acceptors (Lipinski definition) is 6. The molecule has 7 nitrogen and oxygen atoms in total. The van der Waals surface area contributed by atoms with Crippen LogP contribution in [0.1, 0.15) is 29.6 Å². The number of anilines is 2. The van der Waals surface area contributed by atoms with Gasteiger partial charge in [-0.1, -0.05) is 18.2 Å².